The molecule has 3 rings (SSSR count). The van der Waals surface area contributed by atoms with Crippen LogP contribution in [0.1, 0.15) is 39.5 Å². The molecule has 1 saturated heterocycles. The predicted molar refractivity (Wildman–Crippen MR) is 151 cm³/mol. The smallest absolute Gasteiger partial charge is 0.326 e. The Kier molecular flexibility index (Phi) is 10.5. The highest BCUT2D eigenvalue weighted by Gasteiger charge is 2.33. The molecule has 2 aromatic rings. The van der Waals surface area contributed by atoms with Gasteiger partial charge < -0.3 is 26.4 Å². The van der Waals surface area contributed by atoms with Crippen molar-refractivity contribution in [1.29, 1.82) is 5.41 Å². The number of piperidine rings is 1. The number of rotatable bonds is 12. The average molecular weight is 575 g/mol. The quantitative estimate of drug-likeness (QED) is 0.161. The van der Waals surface area contributed by atoms with E-state index in [1.165, 1.54) is 12.1 Å². The maximum absolute atomic E-state index is 13.3. The zero-order valence-electron chi connectivity index (χ0n) is 22.7. The number of hydrogen-bond donors (Lipinski definition) is 6. The average Bonchev–Trinajstić information content (AvgIpc) is 2.93. The van der Waals surface area contributed by atoms with Gasteiger partial charge in [-0.25, -0.2) is 13.2 Å². The van der Waals surface area contributed by atoms with Crippen molar-refractivity contribution < 1.29 is 27.9 Å². The van der Waals surface area contributed by atoms with E-state index in [0.29, 0.717) is 24.9 Å². The van der Waals surface area contributed by atoms with Gasteiger partial charge in [-0.2, -0.15) is 4.72 Å². The molecule has 7 N–H and O–H groups in total. The van der Waals surface area contributed by atoms with Gasteiger partial charge in [0.15, 0.2) is 5.96 Å². The Labute approximate surface area is 234 Å². The summed E-state index contributed by atoms with van der Waals surface area (Å²) in [5, 5.41) is 23.9. The number of carboxylic acids is 1. The van der Waals surface area contributed by atoms with Crippen molar-refractivity contribution in [3.63, 3.8) is 0 Å². The lowest BCUT2D eigenvalue weighted by molar-refractivity contribution is -0.143. The summed E-state index contributed by atoms with van der Waals surface area (Å²) in [6.45, 7) is 4.87. The van der Waals surface area contributed by atoms with Crippen LogP contribution in [-0.4, -0.2) is 73.9 Å². The molecule has 1 fully saturated rings. The van der Waals surface area contributed by atoms with Crippen LogP contribution >= 0.6 is 0 Å². The summed E-state index contributed by atoms with van der Waals surface area (Å²) in [5.41, 5.74) is 5.58. The molecule has 0 bridgehead atoms. The van der Waals surface area contributed by atoms with Crippen molar-refractivity contribution in [1.82, 2.24) is 20.3 Å². The number of amides is 2. The summed E-state index contributed by atoms with van der Waals surface area (Å²) in [4.78, 5) is 39.6. The molecular weight excluding hydrogens is 536 g/mol. The first-order chi connectivity index (χ1) is 18.9. The Morgan fingerprint density at radius 3 is 2.52 bits per heavy atom. The number of hydrogen-bond acceptors (Lipinski definition) is 6. The Bertz CT molecular complexity index is 1350. The second kappa shape index (κ2) is 13.6. The molecular formula is C27H38N6O6S. The molecule has 0 radical (unpaired) electrons. The molecule has 0 aliphatic carbocycles. The largest absolute Gasteiger partial charge is 0.480 e. The second-order valence-electron chi connectivity index (χ2n) is 10.2. The van der Waals surface area contributed by atoms with Gasteiger partial charge in [-0.05, 0) is 47.6 Å². The lowest BCUT2D eigenvalue weighted by Crippen LogP contribution is -2.54. The Balaban J connectivity index is 1.78. The number of sulfonamides is 1. The zero-order valence-corrected chi connectivity index (χ0v) is 23.5. The molecule has 40 heavy (non-hydrogen) atoms. The summed E-state index contributed by atoms with van der Waals surface area (Å²) in [7, 11) is -4.26. The minimum absolute atomic E-state index is 0.0324. The van der Waals surface area contributed by atoms with E-state index in [2.05, 4.69) is 15.4 Å². The highest BCUT2D eigenvalue weighted by Crippen LogP contribution is 2.20. The molecule has 1 aliphatic heterocycles. The summed E-state index contributed by atoms with van der Waals surface area (Å²) in [6.07, 6.45) is 1.55. The van der Waals surface area contributed by atoms with Gasteiger partial charge in [0.1, 0.15) is 12.1 Å². The molecule has 0 spiro atoms. The number of aliphatic carboxylic acids is 1. The van der Waals surface area contributed by atoms with Gasteiger partial charge in [0, 0.05) is 19.6 Å². The van der Waals surface area contributed by atoms with Crippen molar-refractivity contribution in [3.8, 4) is 0 Å². The van der Waals surface area contributed by atoms with Crippen LogP contribution in [0.4, 0.5) is 0 Å². The minimum atomic E-state index is -4.26. The summed E-state index contributed by atoms with van der Waals surface area (Å²) in [6, 6.07) is 8.90. The van der Waals surface area contributed by atoms with Crippen molar-refractivity contribution >= 4 is 44.5 Å². The number of fused-ring (bicyclic) bond motifs is 1. The third-order valence-corrected chi connectivity index (χ3v) is 8.73. The van der Waals surface area contributed by atoms with Gasteiger partial charge in [0.2, 0.25) is 21.8 Å². The fourth-order valence-corrected chi connectivity index (χ4v) is 5.91. The van der Waals surface area contributed by atoms with E-state index in [-0.39, 0.29) is 23.3 Å². The van der Waals surface area contributed by atoms with Crippen molar-refractivity contribution in [2.45, 2.75) is 56.5 Å². The van der Waals surface area contributed by atoms with Crippen LogP contribution in [0, 0.1) is 17.2 Å². The van der Waals surface area contributed by atoms with E-state index in [9.17, 15) is 27.9 Å². The molecule has 1 unspecified atom stereocenters. The Hall–Kier alpha value is -3.71. The summed E-state index contributed by atoms with van der Waals surface area (Å²) in [5.74, 6) is -3.17. The monoisotopic (exact) mass is 574 g/mol. The van der Waals surface area contributed by atoms with E-state index < -0.39 is 52.2 Å². The fraction of sp³-hybridized carbons (Fsp3) is 0.481. The molecule has 218 valence electrons. The number of likely N-dealkylation sites (tertiary alicyclic amines) is 1. The third-order valence-electron chi connectivity index (χ3n) is 7.26. The first-order valence-corrected chi connectivity index (χ1v) is 14.8. The van der Waals surface area contributed by atoms with Crippen molar-refractivity contribution in [2.75, 3.05) is 19.6 Å². The number of guanidine groups is 1. The number of carboxylic acid groups (broad SMARTS) is 1. The van der Waals surface area contributed by atoms with Gasteiger partial charge in [-0.3, -0.25) is 15.0 Å². The van der Waals surface area contributed by atoms with Gasteiger partial charge in [-0.15, -0.1) is 0 Å². The molecule has 1 aliphatic rings. The van der Waals surface area contributed by atoms with E-state index in [0.717, 1.165) is 18.2 Å². The van der Waals surface area contributed by atoms with Crippen LogP contribution in [0.3, 0.4) is 0 Å². The van der Waals surface area contributed by atoms with E-state index in [1.807, 2.05) is 12.1 Å². The van der Waals surface area contributed by atoms with Gasteiger partial charge in [0.25, 0.3) is 0 Å². The van der Waals surface area contributed by atoms with E-state index in [4.69, 9.17) is 11.1 Å². The van der Waals surface area contributed by atoms with Crippen LogP contribution in [-0.2, 0) is 24.4 Å². The highest BCUT2D eigenvalue weighted by molar-refractivity contribution is 7.89. The Morgan fingerprint density at radius 2 is 1.88 bits per heavy atom. The molecule has 4 atom stereocenters. The summed E-state index contributed by atoms with van der Waals surface area (Å²) < 4.78 is 28.9. The molecule has 1 heterocycles. The Morgan fingerprint density at radius 1 is 1.18 bits per heavy atom. The zero-order chi connectivity index (χ0) is 29.4. The number of carbonyl (C=O) groups excluding carboxylic acids is 2. The van der Waals surface area contributed by atoms with E-state index >= 15 is 0 Å². The third kappa shape index (κ3) is 8.15. The van der Waals surface area contributed by atoms with Crippen LogP contribution in [0.15, 0.2) is 47.4 Å². The molecule has 0 saturated carbocycles. The van der Waals surface area contributed by atoms with Gasteiger partial charge in [-0.1, -0.05) is 50.6 Å². The minimum Gasteiger partial charge on any atom is -0.480 e. The first-order valence-electron chi connectivity index (χ1n) is 13.3. The highest BCUT2D eigenvalue weighted by atomic mass is 32.2. The maximum Gasteiger partial charge on any atom is 0.326 e. The van der Waals surface area contributed by atoms with Crippen LogP contribution < -0.4 is 21.1 Å². The lowest BCUT2D eigenvalue weighted by Gasteiger charge is -2.33. The standard InChI is InChI=1S/C27H38N6O6S/c1-3-17(2)24(26(36)37)31-25(35)22(14-23(34)30-15-18-7-6-12-33(16-18)27(28)29)32-40(38,39)21-11-10-19-8-4-5-9-20(19)13-21/h4-5,8-11,13,17-18,22,24,32H,3,6-7,12,14-16H2,1-2H3,(H3,28,29)(H,30,34)(H,31,35)(H,36,37)/t17?,18-,22-,24-/m0/s1. The number of nitrogens with two attached hydrogens (primary N) is 1. The maximum atomic E-state index is 13.3. The normalized spacial score (nSPS) is 17.9. The molecule has 12 nitrogen and oxygen atoms in total. The fourth-order valence-electron chi connectivity index (χ4n) is 4.68. The van der Waals surface area contributed by atoms with Crippen LogP contribution in [0.2, 0.25) is 0 Å². The van der Waals surface area contributed by atoms with Crippen molar-refractivity contribution in [3.05, 3.63) is 42.5 Å². The van der Waals surface area contributed by atoms with Gasteiger partial charge in [0.05, 0.1) is 11.3 Å². The molecule has 2 aromatic carbocycles. The van der Waals surface area contributed by atoms with Crippen LogP contribution in [0.5, 0.6) is 0 Å². The second-order valence-corrected chi connectivity index (χ2v) is 12.0. The van der Waals surface area contributed by atoms with Crippen LogP contribution in [0.25, 0.3) is 10.8 Å². The summed E-state index contributed by atoms with van der Waals surface area (Å²) >= 11 is 0. The van der Waals surface area contributed by atoms with Gasteiger partial charge >= 0.3 is 5.97 Å². The molecule has 13 heteroatoms. The first kappa shape index (κ1) is 30.8. The number of carbonyl (C=O) groups is 3. The number of benzene rings is 2. The lowest BCUT2D eigenvalue weighted by atomic mass is 9.98. The molecule has 0 aromatic heterocycles. The molecule has 2 amide bonds. The van der Waals surface area contributed by atoms with E-state index in [1.54, 1.807) is 36.9 Å². The topological polar surface area (TPSA) is 195 Å². The van der Waals surface area contributed by atoms with Crippen molar-refractivity contribution in [2.24, 2.45) is 17.6 Å². The number of nitrogens with one attached hydrogen (secondary N) is 4. The number of nitrogens with zero attached hydrogens (tertiary/aromatic N) is 1. The SMILES string of the molecule is CCC(C)[C@H](NC(=O)[C@H](CC(=O)NC[C@@H]1CCCN(C(=N)N)C1)NS(=O)(=O)c1ccc2ccccc2c1)C(=O)O. The predicted octanol–water partition coefficient (Wildman–Crippen LogP) is 1.21.